The first kappa shape index (κ1) is 20.9. The van der Waals surface area contributed by atoms with E-state index in [1.54, 1.807) is 42.3 Å². The first-order valence-corrected chi connectivity index (χ1v) is 10.8. The molecule has 7 heteroatoms. The molecule has 0 bridgehead atoms. The van der Waals surface area contributed by atoms with Crippen LogP contribution in [0, 0.1) is 0 Å². The summed E-state index contributed by atoms with van der Waals surface area (Å²) in [5.74, 6) is -0.217. The molecule has 0 aliphatic heterocycles. The third-order valence-corrected chi connectivity index (χ3v) is 6.76. The minimum Gasteiger partial charge on any atom is -0.337 e. The van der Waals surface area contributed by atoms with Crippen LogP contribution in [0.2, 0.25) is 5.02 Å². The number of hydrogen-bond acceptors (Lipinski definition) is 3. The predicted molar refractivity (Wildman–Crippen MR) is 116 cm³/mol. The average molecular weight is 429 g/mol. The van der Waals surface area contributed by atoms with Crippen molar-refractivity contribution in [1.29, 1.82) is 0 Å². The smallest absolute Gasteiger partial charge is 0.264 e. The fourth-order valence-electron chi connectivity index (χ4n) is 2.88. The molecule has 3 rings (SSSR count). The van der Waals surface area contributed by atoms with Gasteiger partial charge in [0.15, 0.2) is 0 Å². The Morgan fingerprint density at radius 2 is 1.45 bits per heavy atom. The zero-order chi connectivity index (χ0) is 21.0. The normalized spacial score (nSPS) is 11.1. The molecule has 1 amide bonds. The van der Waals surface area contributed by atoms with Gasteiger partial charge in [-0.1, -0.05) is 48.0 Å². The molecular weight excluding hydrogens is 408 g/mol. The number of amides is 1. The van der Waals surface area contributed by atoms with Gasteiger partial charge in [0, 0.05) is 31.2 Å². The minimum atomic E-state index is -3.72. The van der Waals surface area contributed by atoms with Gasteiger partial charge in [-0.25, -0.2) is 8.42 Å². The van der Waals surface area contributed by atoms with Gasteiger partial charge < -0.3 is 4.90 Å². The summed E-state index contributed by atoms with van der Waals surface area (Å²) in [5.41, 5.74) is 1.81. The summed E-state index contributed by atoms with van der Waals surface area (Å²) in [6.07, 6.45) is 0. The molecule has 0 atom stereocenters. The van der Waals surface area contributed by atoms with E-state index in [9.17, 15) is 13.2 Å². The summed E-state index contributed by atoms with van der Waals surface area (Å²) >= 11 is 6.16. The number of anilines is 1. The maximum absolute atomic E-state index is 12.8. The van der Waals surface area contributed by atoms with Crippen LogP contribution < -0.4 is 4.31 Å². The zero-order valence-corrected chi connectivity index (χ0v) is 17.7. The SMILES string of the molecule is CN(Cc1ccccc1Cl)C(=O)c1ccc(S(=O)(=O)N(C)c2ccccc2)cc1. The molecule has 0 heterocycles. The number of carbonyl (C=O) groups is 1. The monoisotopic (exact) mass is 428 g/mol. The number of halogens is 1. The number of nitrogens with zero attached hydrogens (tertiary/aromatic N) is 2. The van der Waals surface area contributed by atoms with E-state index in [1.165, 1.54) is 35.6 Å². The van der Waals surface area contributed by atoms with Gasteiger partial charge in [-0.2, -0.15) is 0 Å². The molecule has 0 fully saturated rings. The van der Waals surface area contributed by atoms with E-state index in [0.717, 1.165) is 5.56 Å². The molecule has 150 valence electrons. The Bertz CT molecular complexity index is 1100. The lowest BCUT2D eigenvalue weighted by atomic mass is 10.1. The molecule has 0 saturated heterocycles. The first-order valence-electron chi connectivity index (χ1n) is 8.93. The highest BCUT2D eigenvalue weighted by molar-refractivity contribution is 7.92. The van der Waals surface area contributed by atoms with E-state index in [2.05, 4.69) is 0 Å². The van der Waals surface area contributed by atoms with Gasteiger partial charge in [-0.15, -0.1) is 0 Å². The van der Waals surface area contributed by atoms with E-state index in [-0.39, 0.29) is 10.8 Å². The molecule has 0 aliphatic carbocycles. The Labute approximate surface area is 176 Å². The van der Waals surface area contributed by atoms with Crippen LogP contribution in [0.15, 0.2) is 83.8 Å². The van der Waals surface area contributed by atoms with Crippen LogP contribution in [0.25, 0.3) is 0 Å². The Morgan fingerprint density at radius 1 is 0.862 bits per heavy atom. The van der Waals surface area contributed by atoms with Crippen molar-refractivity contribution in [2.75, 3.05) is 18.4 Å². The first-order chi connectivity index (χ1) is 13.8. The molecule has 0 unspecified atom stereocenters. The second-order valence-corrected chi connectivity index (χ2v) is 8.96. The van der Waals surface area contributed by atoms with Gasteiger partial charge in [0.05, 0.1) is 10.6 Å². The second kappa shape index (κ2) is 8.68. The maximum atomic E-state index is 12.8. The van der Waals surface area contributed by atoms with Gasteiger partial charge in [0.1, 0.15) is 0 Å². The Kier molecular flexibility index (Phi) is 6.25. The highest BCUT2D eigenvalue weighted by atomic mass is 35.5. The Hall–Kier alpha value is -2.83. The molecule has 0 radical (unpaired) electrons. The molecule has 0 spiro atoms. The highest BCUT2D eigenvalue weighted by Gasteiger charge is 2.22. The summed E-state index contributed by atoms with van der Waals surface area (Å²) in [4.78, 5) is 14.4. The largest absolute Gasteiger partial charge is 0.337 e. The topological polar surface area (TPSA) is 57.7 Å². The third-order valence-electron chi connectivity index (χ3n) is 4.59. The van der Waals surface area contributed by atoms with Gasteiger partial charge in [0.25, 0.3) is 15.9 Å². The molecule has 3 aromatic carbocycles. The van der Waals surface area contributed by atoms with Crippen molar-refractivity contribution >= 4 is 33.2 Å². The second-order valence-electron chi connectivity index (χ2n) is 6.59. The van der Waals surface area contributed by atoms with Crippen LogP contribution in [0.3, 0.4) is 0 Å². The molecule has 5 nitrogen and oxygen atoms in total. The summed E-state index contributed by atoms with van der Waals surface area (Å²) in [7, 11) is -0.537. The summed E-state index contributed by atoms with van der Waals surface area (Å²) < 4.78 is 26.9. The van der Waals surface area contributed by atoms with Crippen LogP contribution in [-0.4, -0.2) is 33.3 Å². The molecule has 0 aliphatic rings. The average Bonchev–Trinajstić information content (AvgIpc) is 2.75. The van der Waals surface area contributed by atoms with E-state index in [1.807, 2.05) is 24.3 Å². The van der Waals surface area contributed by atoms with Crippen molar-refractivity contribution < 1.29 is 13.2 Å². The van der Waals surface area contributed by atoms with Crippen molar-refractivity contribution in [3.05, 3.63) is 95.0 Å². The molecule has 0 N–H and O–H groups in total. The van der Waals surface area contributed by atoms with E-state index in [0.29, 0.717) is 22.8 Å². The molecule has 29 heavy (non-hydrogen) atoms. The van der Waals surface area contributed by atoms with Crippen molar-refractivity contribution in [2.45, 2.75) is 11.4 Å². The summed E-state index contributed by atoms with van der Waals surface area (Å²) in [6, 6.07) is 22.1. The standard InChI is InChI=1S/C22H21ClN2O3S/c1-24(16-18-8-6-7-11-21(18)23)22(26)17-12-14-20(15-13-17)29(27,28)25(2)19-9-4-3-5-10-19/h3-15H,16H2,1-2H3. The molecule has 3 aromatic rings. The number of hydrogen-bond donors (Lipinski definition) is 0. The van der Waals surface area contributed by atoms with Crippen molar-refractivity contribution in [2.24, 2.45) is 0 Å². The van der Waals surface area contributed by atoms with Crippen molar-refractivity contribution in [1.82, 2.24) is 4.90 Å². The van der Waals surface area contributed by atoms with Crippen LogP contribution in [0.4, 0.5) is 5.69 Å². The fraction of sp³-hybridized carbons (Fsp3) is 0.136. The van der Waals surface area contributed by atoms with Gasteiger partial charge in [0.2, 0.25) is 0 Å². The van der Waals surface area contributed by atoms with Gasteiger partial charge in [-0.05, 0) is 48.0 Å². The minimum absolute atomic E-state index is 0.120. The van der Waals surface area contributed by atoms with E-state index < -0.39 is 10.0 Å². The molecule has 0 aromatic heterocycles. The van der Waals surface area contributed by atoms with Crippen LogP contribution in [0.1, 0.15) is 15.9 Å². The van der Waals surface area contributed by atoms with Crippen LogP contribution >= 0.6 is 11.6 Å². The van der Waals surface area contributed by atoms with Crippen LogP contribution in [-0.2, 0) is 16.6 Å². The lowest BCUT2D eigenvalue weighted by molar-refractivity contribution is 0.0785. The highest BCUT2D eigenvalue weighted by Crippen LogP contribution is 2.23. The Balaban J connectivity index is 1.77. The summed E-state index contributed by atoms with van der Waals surface area (Å²) in [5, 5.41) is 0.595. The van der Waals surface area contributed by atoms with Gasteiger partial charge in [-0.3, -0.25) is 9.10 Å². The Morgan fingerprint density at radius 3 is 2.07 bits per heavy atom. The number of sulfonamides is 1. The quantitative estimate of drug-likeness (QED) is 0.583. The molecular formula is C22H21ClN2O3S. The number of carbonyl (C=O) groups excluding carboxylic acids is 1. The number of para-hydroxylation sites is 1. The molecule has 0 saturated carbocycles. The predicted octanol–water partition coefficient (Wildman–Crippen LogP) is 4.44. The van der Waals surface area contributed by atoms with Gasteiger partial charge >= 0.3 is 0 Å². The number of rotatable bonds is 6. The lowest BCUT2D eigenvalue weighted by Crippen LogP contribution is -2.27. The summed E-state index contributed by atoms with van der Waals surface area (Å²) in [6.45, 7) is 0.356. The number of benzene rings is 3. The van der Waals surface area contributed by atoms with E-state index in [4.69, 9.17) is 11.6 Å². The van der Waals surface area contributed by atoms with Crippen molar-refractivity contribution in [3.8, 4) is 0 Å². The van der Waals surface area contributed by atoms with Crippen LogP contribution in [0.5, 0.6) is 0 Å². The van der Waals surface area contributed by atoms with E-state index >= 15 is 0 Å². The van der Waals surface area contributed by atoms with Crippen molar-refractivity contribution in [3.63, 3.8) is 0 Å². The zero-order valence-electron chi connectivity index (χ0n) is 16.1. The third kappa shape index (κ3) is 4.60. The maximum Gasteiger partial charge on any atom is 0.264 e. The fourth-order valence-corrected chi connectivity index (χ4v) is 4.27. The lowest BCUT2D eigenvalue weighted by Gasteiger charge is -2.20.